The van der Waals surface area contributed by atoms with Crippen molar-refractivity contribution in [2.45, 2.75) is 45.1 Å². The highest BCUT2D eigenvalue weighted by atomic mass is 16.2. The maximum atomic E-state index is 12.6. The maximum absolute atomic E-state index is 12.6. The van der Waals surface area contributed by atoms with Gasteiger partial charge in [-0.25, -0.2) is 0 Å². The van der Waals surface area contributed by atoms with Crippen LogP contribution in [0.5, 0.6) is 0 Å². The van der Waals surface area contributed by atoms with Gasteiger partial charge in [-0.2, -0.15) is 0 Å². The molecule has 0 aliphatic carbocycles. The third-order valence-electron chi connectivity index (χ3n) is 4.73. The first-order valence-electron chi connectivity index (χ1n) is 7.92. The summed E-state index contributed by atoms with van der Waals surface area (Å²) >= 11 is 0. The second-order valence-electron chi connectivity index (χ2n) is 5.95. The zero-order valence-corrected chi connectivity index (χ0v) is 12.3. The van der Waals surface area contributed by atoms with Gasteiger partial charge in [0.1, 0.15) is 0 Å². The van der Waals surface area contributed by atoms with Crippen LogP contribution in [0.3, 0.4) is 0 Å². The Morgan fingerprint density at radius 2 is 2.10 bits per heavy atom. The summed E-state index contributed by atoms with van der Waals surface area (Å²) in [5.41, 5.74) is 2.64. The van der Waals surface area contributed by atoms with E-state index in [1.807, 2.05) is 0 Å². The van der Waals surface area contributed by atoms with Gasteiger partial charge in [-0.3, -0.25) is 4.79 Å². The Bertz CT molecular complexity index is 486. The van der Waals surface area contributed by atoms with Crippen LogP contribution in [-0.4, -0.2) is 36.5 Å². The van der Waals surface area contributed by atoms with Crippen LogP contribution in [0.25, 0.3) is 0 Å². The van der Waals surface area contributed by atoms with E-state index >= 15 is 0 Å². The summed E-state index contributed by atoms with van der Waals surface area (Å²) in [6.45, 7) is 4.68. The Kier molecular flexibility index (Phi) is 3.95. The molecule has 1 saturated heterocycles. The minimum absolute atomic E-state index is 0.313. The predicted molar refractivity (Wildman–Crippen MR) is 82.0 cm³/mol. The number of para-hydroxylation sites is 1. The summed E-state index contributed by atoms with van der Waals surface area (Å²) in [6.07, 6.45) is 5.77. The molecule has 3 heteroatoms. The molecule has 0 saturated carbocycles. The van der Waals surface area contributed by atoms with Gasteiger partial charge in [0.05, 0.1) is 6.54 Å². The molecule has 0 aromatic heterocycles. The highest BCUT2D eigenvalue weighted by Gasteiger charge is 2.28. The Morgan fingerprint density at radius 3 is 2.95 bits per heavy atom. The van der Waals surface area contributed by atoms with Gasteiger partial charge in [-0.1, -0.05) is 25.1 Å². The van der Waals surface area contributed by atoms with Gasteiger partial charge in [0.2, 0.25) is 5.91 Å². The van der Waals surface area contributed by atoms with E-state index in [-0.39, 0.29) is 0 Å². The Morgan fingerprint density at radius 1 is 1.25 bits per heavy atom. The number of benzene rings is 1. The van der Waals surface area contributed by atoms with Gasteiger partial charge < -0.3 is 9.80 Å². The molecule has 2 heterocycles. The van der Waals surface area contributed by atoms with Crippen LogP contribution in [-0.2, 0) is 11.2 Å². The lowest BCUT2D eigenvalue weighted by Crippen LogP contribution is -2.47. The zero-order chi connectivity index (χ0) is 13.9. The van der Waals surface area contributed by atoms with Crippen LogP contribution in [0.1, 0.15) is 38.2 Å². The highest BCUT2D eigenvalue weighted by molar-refractivity contribution is 5.82. The van der Waals surface area contributed by atoms with E-state index in [4.69, 9.17) is 0 Å². The number of hydrogen-bond acceptors (Lipinski definition) is 2. The van der Waals surface area contributed by atoms with E-state index in [0.29, 0.717) is 18.5 Å². The van der Waals surface area contributed by atoms with Crippen molar-refractivity contribution in [3.05, 3.63) is 29.8 Å². The SMILES string of the molecule is CCC1CCCCN1C(=O)CN1CCc2ccccc21. The number of fused-ring (bicyclic) bond motifs is 1. The van der Waals surface area contributed by atoms with E-state index < -0.39 is 0 Å². The number of rotatable bonds is 3. The largest absolute Gasteiger partial charge is 0.362 e. The number of nitrogens with zero attached hydrogens (tertiary/aromatic N) is 2. The molecule has 1 atom stereocenters. The summed E-state index contributed by atoms with van der Waals surface area (Å²) < 4.78 is 0. The molecule has 20 heavy (non-hydrogen) atoms. The average molecular weight is 272 g/mol. The summed E-state index contributed by atoms with van der Waals surface area (Å²) in [7, 11) is 0. The number of piperidine rings is 1. The van der Waals surface area contributed by atoms with Crippen molar-refractivity contribution in [1.82, 2.24) is 4.90 Å². The molecular weight excluding hydrogens is 248 g/mol. The van der Waals surface area contributed by atoms with Crippen LogP contribution in [0.4, 0.5) is 5.69 Å². The quantitative estimate of drug-likeness (QED) is 0.844. The normalized spacial score (nSPS) is 21.9. The van der Waals surface area contributed by atoms with E-state index in [2.05, 4.69) is 41.0 Å². The van der Waals surface area contributed by atoms with Crippen molar-refractivity contribution in [2.75, 3.05) is 24.5 Å². The summed E-state index contributed by atoms with van der Waals surface area (Å²) in [6, 6.07) is 8.94. The first kappa shape index (κ1) is 13.5. The van der Waals surface area contributed by atoms with Gasteiger partial charge in [0, 0.05) is 24.8 Å². The lowest BCUT2D eigenvalue weighted by Gasteiger charge is -2.36. The number of likely N-dealkylation sites (tertiary alicyclic amines) is 1. The van der Waals surface area contributed by atoms with Crippen LogP contribution in [0.15, 0.2) is 24.3 Å². The zero-order valence-electron chi connectivity index (χ0n) is 12.3. The van der Waals surface area contributed by atoms with Crippen molar-refractivity contribution >= 4 is 11.6 Å². The monoisotopic (exact) mass is 272 g/mol. The highest BCUT2D eigenvalue weighted by Crippen LogP contribution is 2.28. The molecule has 3 nitrogen and oxygen atoms in total. The molecule has 1 unspecified atom stereocenters. The Hall–Kier alpha value is -1.51. The molecule has 1 amide bonds. The lowest BCUT2D eigenvalue weighted by atomic mass is 10.00. The smallest absolute Gasteiger partial charge is 0.242 e. The molecule has 1 fully saturated rings. The van der Waals surface area contributed by atoms with E-state index in [0.717, 1.165) is 25.9 Å². The van der Waals surface area contributed by atoms with Crippen molar-refractivity contribution in [3.8, 4) is 0 Å². The van der Waals surface area contributed by atoms with Crippen LogP contribution < -0.4 is 4.90 Å². The molecular formula is C17H24N2O. The first-order chi connectivity index (χ1) is 9.79. The van der Waals surface area contributed by atoms with E-state index in [1.54, 1.807) is 0 Å². The van der Waals surface area contributed by atoms with Crippen molar-refractivity contribution < 1.29 is 4.79 Å². The van der Waals surface area contributed by atoms with Crippen LogP contribution in [0, 0.1) is 0 Å². The molecule has 1 aromatic rings. The van der Waals surface area contributed by atoms with Crippen LogP contribution in [0.2, 0.25) is 0 Å². The molecule has 108 valence electrons. The van der Waals surface area contributed by atoms with Gasteiger partial charge in [-0.15, -0.1) is 0 Å². The van der Waals surface area contributed by atoms with E-state index in [9.17, 15) is 4.79 Å². The number of carbonyl (C=O) groups is 1. The fourth-order valence-corrected chi connectivity index (χ4v) is 3.58. The van der Waals surface area contributed by atoms with Crippen molar-refractivity contribution in [2.24, 2.45) is 0 Å². The molecule has 1 aromatic carbocycles. The number of carbonyl (C=O) groups excluding carboxylic acids is 1. The fourth-order valence-electron chi connectivity index (χ4n) is 3.58. The molecule has 2 aliphatic rings. The molecule has 2 aliphatic heterocycles. The first-order valence-corrected chi connectivity index (χ1v) is 7.92. The minimum atomic E-state index is 0.313. The van der Waals surface area contributed by atoms with Gasteiger partial charge in [0.25, 0.3) is 0 Å². The minimum Gasteiger partial charge on any atom is -0.362 e. The van der Waals surface area contributed by atoms with Crippen molar-refractivity contribution in [3.63, 3.8) is 0 Å². The maximum Gasteiger partial charge on any atom is 0.242 e. The van der Waals surface area contributed by atoms with E-state index in [1.165, 1.54) is 30.5 Å². The standard InChI is InChI=1S/C17H24N2O/c1-2-15-8-5-6-11-19(15)17(20)13-18-12-10-14-7-3-4-9-16(14)18/h3-4,7,9,15H,2,5-6,8,10-13H2,1H3. The summed E-state index contributed by atoms with van der Waals surface area (Å²) in [5, 5.41) is 0. The van der Waals surface area contributed by atoms with Crippen LogP contribution >= 0.6 is 0 Å². The molecule has 0 radical (unpaired) electrons. The summed E-state index contributed by atoms with van der Waals surface area (Å²) in [4.78, 5) is 17.0. The molecule has 0 bridgehead atoms. The van der Waals surface area contributed by atoms with Crippen molar-refractivity contribution in [1.29, 1.82) is 0 Å². The van der Waals surface area contributed by atoms with Gasteiger partial charge in [0.15, 0.2) is 0 Å². The third-order valence-corrected chi connectivity index (χ3v) is 4.73. The second-order valence-corrected chi connectivity index (χ2v) is 5.95. The molecule has 0 spiro atoms. The predicted octanol–water partition coefficient (Wildman–Crippen LogP) is 2.84. The van der Waals surface area contributed by atoms with Gasteiger partial charge >= 0.3 is 0 Å². The number of hydrogen-bond donors (Lipinski definition) is 0. The third kappa shape index (κ3) is 2.54. The van der Waals surface area contributed by atoms with Gasteiger partial charge in [-0.05, 0) is 43.7 Å². The second kappa shape index (κ2) is 5.86. The molecule has 0 N–H and O–H groups in total. The number of amides is 1. The average Bonchev–Trinajstić information content (AvgIpc) is 2.90. The Labute approximate surface area is 121 Å². The molecule has 3 rings (SSSR count). The number of anilines is 1. The topological polar surface area (TPSA) is 23.6 Å². The lowest BCUT2D eigenvalue weighted by molar-refractivity contribution is -0.133. The summed E-state index contributed by atoms with van der Waals surface area (Å²) in [5.74, 6) is 0.313. The fraction of sp³-hybridized carbons (Fsp3) is 0.588. The Balaban J connectivity index is 1.67.